The largest absolute Gasteiger partial charge is 0.309 e. The van der Waals surface area contributed by atoms with Gasteiger partial charge in [-0.25, -0.2) is 8.78 Å². The van der Waals surface area contributed by atoms with Crippen LogP contribution in [0.5, 0.6) is 0 Å². The van der Waals surface area contributed by atoms with Gasteiger partial charge in [-0.1, -0.05) is 39.3 Å². The molecule has 0 spiro atoms. The van der Waals surface area contributed by atoms with E-state index in [-0.39, 0.29) is 16.5 Å². The molecule has 1 aromatic rings. The van der Waals surface area contributed by atoms with Gasteiger partial charge in [0.05, 0.1) is 0 Å². The normalized spacial score (nSPS) is 13.7. The van der Waals surface area contributed by atoms with E-state index < -0.39 is 11.6 Å². The summed E-state index contributed by atoms with van der Waals surface area (Å²) in [6.07, 6.45) is 0.966. The molecule has 0 aliphatic heterocycles. The molecule has 1 aromatic carbocycles. The van der Waals surface area contributed by atoms with Gasteiger partial charge in [0, 0.05) is 11.1 Å². The zero-order valence-electron chi connectivity index (χ0n) is 11.3. The summed E-state index contributed by atoms with van der Waals surface area (Å²) in [4.78, 5) is 0. The van der Waals surface area contributed by atoms with E-state index in [1.807, 2.05) is 20.8 Å². The van der Waals surface area contributed by atoms with E-state index in [1.54, 1.807) is 0 Å². The number of hydrogen-bond donors (Lipinski definition) is 1. The number of nitrogens with one attached hydrogen (secondary N) is 1. The van der Waals surface area contributed by atoms with Crippen molar-refractivity contribution in [3.05, 3.63) is 34.4 Å². The minimum absolute atomic E-state index is 0.111. The molecule has 0 saturated heterocycles. The molecule has 0 aromatic heterocycles. The van der Waals surface area contributed by atoms with Gasteiger partial charge in [-0.3, -0.25) is 0 Å². The van der Waals surface area contributed by atoms with E-state index in [0.717, 1.165) is 19.0 Å². The smallest absolute Gasteiger partial charge is 0.160 e. The highest BCUT2D eigenvalue weighted by Gasteiger charge is 2.28. The lowest BCUT2D eigenvalue weighted by Gasteiger charge is -2.32. The topological polar surface area (TPSA) is 12.0 Å². The van der Waals surface area contributed by atoms with E-state index in [9.17, 15) is 8.78 Å². The predicted molar refractivity (Wildman–Crippen MR) is 71.9 cm³/mol. The monoisotopic (exact) mass is 275 g/mol. The molecule has 0 saturated carbocycles. The SMILES string of the molecule is CCCNC(c1cc(F)c(F)cc1Cl)C(C)(C)C. The number of hydrogen-bond acceptors (Lipinski definition) is 1. The minimum Gasteiger partial charge on any atom is -0.309 e. The van der Waals surface area contributed by atoms with Gasteiger partial charge in [0.15, 0.2) is 11.6 Å². The molecular weight excluding hydrogens is 256 g/mol. The number of halogens is 3. The average Bonchev–Trinajstić information content (AvgIpc) is 2.24. The van der Waals surface area contributed by atoms with Crippen molar-refractivity contribution in [1.29, 1.82) is 0 Å². The fourth-order valence-electron chi connectivity index (χ4n) is 1.93. The van der Waals surface area contributed by atoms with Crippen molar-refractivity contribution >= 4 is 11.6 Å². The molecule has 0 aliphatic rings. The average molecular weight is 276 g/mol. The molecular formula is C14H20ClF2N. The van der Waals surface area contributed by atoms with Crippen molar-refractivity contribution < 1.29 is 8.78 Å². The Hall–Kier alpha value is -0.670. The number of benzene rings is 1. The van der Waals surface area contributed by atoms with Crippen LogP contribution in [0.15, 0.2) is 12.1 Å². The Morgan fingerprint density at radius 1 is 1.22 bits per heavy atom. The molecule has 0 aliphatic carbocycles. The first-order valence-corrected chi connectivity index (χ1v) is 6.53. The Morgan fingerprint density at radius 3 is 2.28 bits per heavy atom. The molecule has 18 heavy (non-hydrogen) atoms. The third-order valence-electron chi connectivity index (χ3n) is 2.82. The fraction of sp³-hybridized carbons (Fsp3) is 0.571. The first kappa shape index (κ1) is 15.4. The first-order valence-electron chi connectivity index (χ1n) is 6.15. The third-order valence-corrected chi connectivity index (χ3v) is 3.14. The fourth-order valence-corrected chi connectivity index (χ4v) is 2.19. The van der Waals surface area contributed by atoms with Crippen molar-refractivity contribution in [2.24, 2.45) is 5.41 Å². The minimum atomic E-state index is -0.910. The Kier molecular flexibility index (Phi) is 5.11. The second-order valence-corrected chi connectivity index (χ2v) is 5.95. The lowest BCUT2D eigenvalue weighted by molar-refractivity contribution is 0.272. The summed E-state index contributed by atoms with van der Waals surface area (Å²) in [5, 5.41) is 3.60. The molecule has 1 N–H and O–H groups in total. The molecule has 0 amide bonds. The molecule has 0 fully saturated rings. The van der Waals surface area contributed by atoms with Crippen LogP contribution in [0, 0.1) is 17.0 Å². The third kappa shape index (κ3) is 3.66. The van der Waals surface area contributed by atoms with Gasteiger partial charge in [-0.15, -0.1) is 0 Å². The van der Waals surface area contributed by atoms with E-state index in [2.05, 4.69) is 12.2 Å². The van der Waals surface area contributed by atoms with Gasteiger partial charge in [0.2, 0.25) is 0 Å². The maximum absolute atomic E-state index is 13.4. The van der Waals surface area contributed by atoms with Gasteiger partial charge in [0.1, 0.15) is 0 Å². The molecule has 0 bridgehead atoms. The van der Waals surface area contributed by atoms with Crippen molar-refractivity contribution in [3.8, 4) is 0 Å². The predicted octanol–water partition coefficient (Wildman–Crippen LogP) is 4.71. The summed E-state index contributed by atoms with van der Waals surface area (Å²) in [6.45, 7) is 8.98. The Morgan fingerprint density at radius 2 is 1.78 bits per heavy atom. The van der Waals surface area contributed by atoms with Crippen LogP contribution in [0.3, 0.4) is 0 Å². The van der Waals surface area contributed by atoms with Crippen LogP contribution < -0.4 is 5.32 Å². The highest BCUT2D eigenvalue weighted by molar-refractivity contribution is 6.31. The Balaban J connectivity index is 3.16. The molecule has 1 unspecified atom stereocenters. The second kappa shape index (κ2) is 5.98. The van der Waals surface area contributed by atoms with Crippen molar-refractivity contribution in [2.75, 3.05) is 6.54 Å². The first-order chi connectivity index (χ1) is 8.27. The van der Waals surface area contributed by atoms with Gasteiger partial charge in [0.25, 0.3) is 0 Å². The van der Waals surface area contributed by atoms with Gasteiger partial charge >= 0.3 is 0 Å². The summed E-state index contributed by atoms with van der Waals surface area (Å²) in [7, 11) is 0. The molecule has 1 rings (SSSR count). The number of rotatable bonds is 4. The lowest BCUT2D eigenvalue weighted by Crippen LogP contribution is -2.33. The van der Waals surface area contributed by atoms with Gasteiger partial charge in [-0.2, -0.15) is 0 Å². The van der Waals surface area contributed by atoms with E-state index in [1.165, 1.54) is 6.07 Å². The molecule has 0 heterocycles. The highest BCUT2D eigenvalue weighted by Crippen LogP contribution is 2.37. The van der Waals surface area contributed by atoms with Crippen LogP contribution in [0.1, 0.15) is 45.7 Å². The molecule has 0 radical (unpaired) electrons. The van der Waals surface area contributed by atoms with E-state index in [0.29, 0.717) is 5.56 Å². The van der Waals surface area contributed by atoms with Crippen LogP contribution in [-0.2, 0) is 0 Å². The van der Waals surface area contributed by atoms with Crippen LogP contribution in [0.4, 0.5) is 8.78 Å². The summed E-state index contributed by atoms with van der Waals surface area (Å²) in [5.74, 6) is -1.77. The summed E-state index contributed by atoms with van der Waals surface area (Å²) in [5.41, 5.74) is 0.472. The van der Waals surface area contributed by atoms with E-state index in [4.69, 9.17) is 11.6 Å². The lowest BCUT2D eigenvalue weighted by atomic mass is 9.82. The Labute approximate surface area is 113 Å². The second-order valence-electron chi connectivity index (χ2n) is 5.54. The summed E-state index contributed by atoms with van der Waals surface area (Å²) >= 11 is 6.03. The van der Waals surface area contributed by atoms with Crippen LogP contribution >= 0.6 is 11.6 Å². The van der Waals surface area contributed by atoms with Gasteiger partial charge in [-0.05, 0) is 36.1 Å². The summed E-state index contributed by atoms with van der Waals surface area (Å²) < 4.78 is 26.5. The molecule has 102 valence electrons. The highest BCUT2D eigenvalue weighted by atomic mass is 35.5. The molecule has 1 atom stereocenters. The maximum atomic E-state index is 13.4. The standard InChI is InChI=1S/C14H20ClF2N/c1-5-6-18-13(14(2,3)4)9-7-11(16)12(17)8-10(9)15/h7-8,13,18H,5-6H2,1-4H3. The Bertz CT molecular complexity index is 413. The van der Waals surface area contributed by atoms with Crippen LogP contribution in [0.2, 0.25) is 5.02 Å². The maximum Gasteiger partial charge on any atom is 0.160 e. The van der Waals surface area contributed by atoms with Crippen molar-refractivity contribution in [1.82, 2.24) is 5.32 Å². The molecule has 4 heteroatoms. The van der Waals surface area contributed by atoms with Gasteiger partial charge < -0.3 is 5.32 Å². The van der Waals surface area contributed by atoms with E-state index >= 15 is 0 Å². The quantitative estimate of drug-likeness (QED) is 0.785. The van der Waals surface area contributed by atoms with Crippen molar-refractivity contribution in [2.45, 2.75) is 40.2 Å². The zero-order chi connectivity index (χ0) is 13.9. The van der Waals surface area contributed by atoms with Crippen LogP contribution in [0.25, 0.3) is 0 Å². The zero-order valence-corrected chi connectivity index (χ0v) is 12.0. The van der Waals surface area contributed by atoms with Crippen molar-refractivity contribution in [3.63, 3.8) is 0 Å². The summed E-state index contributed by atoms with van der Waals surface area (Å²) in [6, 6.07) is 2.12. The van der Waals surface area contributed by atoms with Crippen LogP contribution in [-0.4, -0.2) is 6.54 Å². The molecule has 1 nitrogen and oxygen atoms in total.